The number of carbonyl (C=O) groups is 1. The standard InChI is InChI=1S/C18H20N4O3/c1-11-20-18(25-21-11)16-8-13(24-2)10-22(16)17(23)7-12-9-19-15-6-4-3-5-14(12)15/h3-6,9,13,16,19H,7-8,10H2,1-2H3/t13-,16-/m1/s1. The Labute approximate surface area is 145 Å². The third kappa shape index (κ3) is 2.91. The Morgan fingerprint density at radius 2 is 2.28 bits per heavy atom. The van der Waals surface area contributed by atoms with Gasteiger partial charge in [-0.1, -0.05) is 23.4 Å². The van der Waals surface area contributed by atoms with Crippen molar-refractivity contribution < 1.29 is 14.1 Å². The Hall–Kier alpha value is -2.67. The number of nitrogens with one attached hydrogen (secondary N) is 1. The van der Waals surface area contributed by atoms with Crippen LogP contribution in [0.15, 0.2) is 35.0 Å². The summed E-state index contributed by atoms with van der Waals surface area (Å²) in [5.74, 6) is 1.08. The summed E-state index contributed by atoms with van der Waals surface area (Å²) in [6.45, 7) is 2.30. The van der Waals surface area contributed by atoms with E-state index in [1.54, 1.807) is 18.9 Å². The molecule has 1 N–H and O–H groups in total. The fourth-order valence-corrected chi connectivity index (χ4v) is 3.47. The predicted molar refractivity (Wildman–Crippen MR) is 90.9 cm³/mol. The molecule has 25 heavy (non-hydrogen) atoms. The number of nitrogens with zero attached hydrogens (tertiary/aromatic N) is 3. The molecule has 1 saturated heterocycles. The third-order valence-corrected chi connectivity index (χ3v) is 4.76. The fraction of sp³-hybridized carbons (Fsp3) is 0.389. The molecule has 1 aliphatic rings. The van der Waals surface area contributed by atoms with Crippen LogP contribution in [0.5, 0.6) is 0 Å². The zero-order valence-corrected chi connectivity index (χ0v) is 14.2. The number of ether oxygens (including phenoxy) is 1. The predicted octanol–water partition coefficient (Wildman–Crippen LogP) is 2.39. The summed E-state index contributed by atoms with van der Waals surface area (Å²) in [6.07, 6.45) is 2.87. The number of methoxy groups -OCH3 is 1. The molecule has 1 aliphatic heterocycles. The van der Waals surface area contributed by atoms with E-state index in [-0.39, 0.29) is 18.1 Å². The highest BCUT2D eigenvalue weighted by molar-refractivity contribution is 5.89. The molecule has 2 atom stereocenters. The van der Waals surface area contributed by atoms with Crippen LogP contribution in [0.2, 0.25) is 0 Å². The molecule has 3 heterocycles. The van der Waals surface area contributed by atoms with Gasteiger partial charge in [-0.2, -0.15) is 4.98 Å². The van der Waals surface area contributed by atoms with Crippen LogP contribution >= 0.6 is 0 Å². The number of hydrogen-bond acceptors (Lipinski definition) is 5. The molecule has 1 aromatic carbocycles. The number of likely N-dealkylation sites (tertiary alicyclic amines) is 1. The molecule has 7 heteroatoms. The Morgan fingerprint density at radius 1 is 1.44 bits per heavy atom. The number of benzene rings is 1. The number of carbonyl (C=O) groups excluding carboxylic acids is 1. The molecule has 4 rings (SSSR count). The quantitative estimate of drug-likeness (QED) is 0.788. The van der Waals surface area contributed by atoms with Gasteiger partial charge in [-0.05, 0) is 18.6 Å². The van der Waals surface area contributed by atoms with Gasteiger partial charge in [0.25, 0.3) is 0 Å². The van der Waals surface area contributed by atoms with Gasteiger partial charge in [0.05, 0.1) is 12.5 Å². The summed E-state index contributed by atoms with van der Waals surface area (Å²) in [5.41, 5.74) is 2.02. The molecule has 3 aromatic rings. The minimum Gasteiger partial charge on any atom is -0.380 e. The van der Waals surface area contributed by atoms with E-state index < -0.39 is 0 Å². The first-order valence-electron chi connectivity index (χ1n) is 8.33. The summed E-state index contributed by atoms with van der Waals surface area (Å²) < 4.78 is 10.8. The van der Waals surface area contributed by atoms with Gasteiger partial charge in [0, 0.05) is 37.2 Å². The van der Waals surface area contributed by atoms with Gasteiger partial charge >= 0.3 is 0 Å². The first-order valence-corrected chi connectivity index (χ1v) is 8.33. The second kappa shape index (κ2) is 6.33. The van der Waals surface area contributed by atoms with Gasteiger partial charge in [0.1, 0.15) is 6.04 Å². The largest absolute Gasteiger partial charge is 0.380 e. The Kier molecular flexibility index (Phi) is 4.01. The lowest BCUT2D eigenvalue weighted by Gasteiger charge is -2.21. The van der Waals surface area contributed by atoms with Gasteiger partial charge in [-0.25, -0.2) is 0 Å². The smallest absolute Gasteiger partial charge is 0.249 e. The molecular formula is C18H20N4O3. The summed E-state index contributed by atoms with van der Waals surface area (Å²) >= 11 is 0. The van der Waals surface area contributed by atoms with E-state index in [2.05, 4.69) is 15.1 Å². The van der Waals surface area contributed by atoms with E-state index in [0.717, 1.165) is 16.5 Å². The molecule has 1 fully saturated rings. The number of hydrogen-bond donors (Lipinski definition) is 1. The van der Waals surface area contributed by atoms with Crippen molar-refractivity contribution >= 4 is 16.8 Å². The van der Waals surface area contributed by atoms with Crippen molar-refractivity contribution in [3.8, 4) is 0 Å². The molecule has 1 amide bonds. The summed E-state index contributed by atoms with van der Waals surface area (Å²) in [7, 11) is 1.66. The molecule has 0 saturated carbocycles. The van der Waals surface area contributed by atoms with E-state index in [1.807, 2.05) is 30.5 Å². The number of amides is 1. The Morgan fingerprint density at radius 3 is 3.04 bits per heavy atom. The maximum Gasteiger partial charge on any atom is 0.249 e. The minimum atomic E-state index is -0.233. The van der Waals surface area contributed by atoms with Crippen molar-refractivity contribution in [1.29, 1.82) is 0 Å². The lowest BCUT2D eigenvalue weighted by Crippen LogP contribution is -2.33. The Bertz CT molecular complexity index is 901. The molecule has 0 radical (unpaired) electrons. The van der Waals surface area contributed by atoms with E-state index in [4.69, 9.17) is 9.26 Å². The van der Waals surface area contributed by atoms with Crippen molar-refractivity contribution in [2.45, 2.75) is 31.9 Å². The first kappa shape index (κ1) is 15.8. The third-order valence-electron chi connectivity index (χ3n) is 4.76. The van der Waals surface area contributed by atoms with Crippen LogP contribution in [-0.2, 0) is 16.0 Å². The number of fused-ring (bicyclic) bond motifs is 1. The van der Waals surface area contributed by atoms with Crippen molar-refractivity contribution in [1.82, 2.24) is 20.0 Å². The van der Waals surface area contributed by atoms with E-state index >= 15 is 0 Å². The van der Waals surface area contributed by atoms with Crippen molar-refractivity contribution in [3.63, 3.8) is 0 Å². The average molecular weight is 340 g/mol. The van der Waals surface area contributed by atoms with Crippen molar-refractivity contribution in [2.24, 2.45) is 0 Å². The number of aromatic nitrogens is 3. The van der Waals surface area contributed by atoms with Crippen LogP contribution in [0, 0.1) is 6.92 Å². The molecule has 0 aliphatic carbocycles. The second-order valence-electron chi connectivity index (χ2n) is 6.37. The first-order chi connectivity index (χ1) is 12.2. The topological polar surface area (TPSA) is 84.2 Å². The number of para-hydroxylation sites is 1. The number of aromatic amines is 1. The maximum atomic E-state index is 13.0. The molecular weight excluding hydrogens is 320 g/mol. The second-order valence-corrected chi connectivity index (χ2v) is 6.37. The lowest BCUT2D eigenvalue weighted by atomic mass is 10.1. The minimum absolute atomic E-state index is 0.0240. The van der Waals surface area contributed by atoms with Crippen LogP contribution in [0.25, 0.3) is 10.9 Å². The SMILES string of the molecule is CO[C@@H]1C[C@H](c2nc(C)no2)N(C(=O)Cc2c[nH]c3ccccc23)C1. The van der Waals surface area contributed by atoms with Crippen LogP contribution in [0.1, 0.15) is 29.7 Å². The summed E-state index contributed by atoms with van der Waals surface area (Å²) in [6, 6.07) is 7.75. The summed E-state index contributed by atoms with van der Waals surface area (Å²) in [4.78, 5) is 22.3. The van der Waals surface area contributed by atoms with E-state index in [9.17, 15) is 4.79 Å². The highest BCUT2D eigenvalue weighted by Crippen LogP contribution is 2.33. The molecule has 0 spiro atoms. The zero-order valence-electron chi connectivity index (χ0n) is 14.2. The fourth-order valence-electron chi connectivity index (χ4n) is 3.47. The van der Waals surface area contributed by atoms with Gasteiger partial charge in [0.2, 0.25) is 11.8 Å². The number of aryl methyl sites for hydroxylation is 1. The van der Waals surface area contributed by atoms with Crippen molar-refractivity contribution in [3.05, 3.63) is 47.7 Å². The molecule has 0 bridgehead atoms. The molecule has 2 aromatic heterocycles. The van der Waals surface area contributed by atoms with Crippen LogP contribution in [0.4, 0.5) is 0 Å². The molecule has 130 valence electrons. The zero-order chi connectivity index (χ0) is 17.4. The van der Waals surface area contributed by atoms with Gasteiger partial charge in [-0.3, -0.25) is 4.79 Å². The van der Waals surface area contributed by atoms with E-state index in [1.165, 1.54) is 0 Å². The van der Waals surface area contributed by atoms with Gasteiger partial charge in [-0.15, -0.1) is 0 Å². The average Bonchev–Trinajstić information content (AvgIpc) is 3.33. The van der Waals surface area contributed by atoms with Crippen LogP contribution < -0.4 is 0 Å². The van der Waals surface area contributed by atoms with Crippen LogP contribution in [-0.4, -0.2) is 45.7 Å². The normalized spacial score (nSPS) is 20.5. The van der Waals surface area contributed by atoms with E-state index in [0.29, 0.717) is 31.1 Å². The maximum absolute atomic E-state index is 13.0. The van der Waals surface area contributed by atoms with Gasteiger partial charge in [0.15, 0.2) is 5.82 Å². The Balaban J connectivity index is 1.58. The molecule has 7 nitrogen and oxygen atoms in total. The highest BCUT2D eigenvalue weighted by Gasteiger charge is 2.39. The molecule has 0 unspecified atom stereocenters. The number of rotatable bonds is 4. The monoisotopic (exact) mass is 340 g/mol. The van der Waals surface area contributed by atoms with Crippen LogP contribution in [0.3, 0.4) is 0 Å². The van der Waals surface area contributed by atoms with Gasteiger partial charge < -0.3 is 19.1 Å². The summed E-state index contributed by atoms with van der Waals surface area (Å²) in [5, 5.41) is 4.93. The number of H-pyrrole nitrogens is 1. The lowest BCUT2D eigenvalue weighted by molar-refractivity contribution is -0.132. The highest BCUT2D eigenvalue weighted by atomic mass is 16.5. The van der Waals surface area contributed by atoms with Crippen molar-refractivity contribution in [2.75, 3.05) is 13.7 Å².